The van der Waals surface area contributed by atoms with Crippen LogP contribution >= 0.6 is 0 Å². The minimum atomic E-state index is -3.12. The van der Waals surface area contributed by atoms with Gasteiger partial charge in [0, 0.05) is 24.3 Å². The second kappa shape index (κ2) is 9.55. The van der Waals surface area contributed by atoms with Crippen molar-refractivity contribution >= 4 is 21.4 Å². The number of benzene rings is 1. The molecule has 5 heteroatoms. The predicted octanol–water partition coefficient (Wildman–Crippen LogP) is 5.05. The maximum atomic E-state index is 12.7. The molecule has 0 radical (unpaired) electrons. The number of carbonyl (C=O) groups excluding carboxylic acids is 2. The van der Waals surface area contributed by atoms with Crippen molar-refractivity contribution in [3.63, 3.8) is 0 Å². The molecule has 0 spiro atoms. The van der Waals surface area contributed by atoms with Crippen molar-refractivity contribution in [2.45, 2.75) is 77.9 Å². The molecule has 1 aliphatic rings. The molecule has 1 aromatic rings. The Hall–Kier alpha value is -1.49. The zero-order valence-electron chi connectivity index (χ0n) is 18.5. The molecule has 0 heterocycles. The monoisotopic (exact) mass is 420 g/mol. The van der Waals surface area contributed by atoms with E-state index in [1.807, 2.05) is 38.1 Å². The van der Waals surface area contributed by atoms with E-state index in [1.165, 1.54) is 0 Å². The Balaban J connectivity index is 1.86. The second-order valence-corrected chi connectivity index (χ2v) is 12.8. The summed E-state index contributed by atoms with van der Waals surface area (Å²) in [6.07, 6.45) is 4.06. The Morgan fingerprint density at radius 3 is 2.03 bits per heavy atom. The summed E-state index contributed by atoms with van der Waals surface area (Å²) in [6.45, 7) is 9.30. The van der Waals surface area contributed by atoms with Gasteiger partial charge in [-0.3, -0.25) is 9.59 Å². The quantitative estimate of drug-likeness (QED) is 0.552. The van der Waals surface area contributed by atoms with Crippen molar-refractivity contribution in [1.82, 2.24) is 0 Å². The molecule has 0 unspecified atom stereocenters. The number of sulfone groups is 1. The van der Waals surface area contributed by atoms with Crippen molar-refractivity contribution in [3.05, 3.63) is 35.4 Å². The van der Waals surface area contributed by atoms with Crippen LogP contribution in [0.15, 0.2) is 24.3 Å². The molecule has 0 aliphatic heterocycles. The van der Waals surface area contributed by atoms with Gasteiger partial charge in [-0.15, -0.1) is 0 Å². The van der Waals surface area contributed by atoms with Crippen molar-refractivity contribution in [2.75, 3.05) is 5.75 Å². The highest BCUT2D eigenvalue weighted by Crippen LogP contribution is 2.33. The molecule has 1 aromatic carbocycles. The van der Waals surface area contributed by atoms with Gasteiger partial charge in [0.05, 0.1) is 10.5 Å². The smallest absolute Gasteiger partial charge is 0.163 e. The first-order chi connectivity index (χ1) is 13.4. The van der Waals surface area contributed by atoms with Crippen LogP contribution in [0.2, 0.25) is 0 Å². The first-order valence-corrected chi connectivity index (χ1v) is 12.4. The molecule has 0 atom stereocenters. The average molecular weight is 421 g/mol. The highest BCUT2D eigenvalue weighted by atomic mass is 32.2. The Morgan fingerprint density at radius 2 is 1.55 bits per heavy atom. The van der Waals surface area contributed by atoms with Crippen LogP contribution in [0.1, 0.15) is 82.6 Å². The third-order valence-corrected chi connectivity index (χ3v) is 8.71. The van der Waals surface area contributed by atoms with E-state index in [2.05, 4.69) is 0 Å². The number of carbonyl (C=O) groups is 2. The SMILES string of the molecule is CC(C)CC(=O)c1ccc(CC(=O)C2CCC(CS(=O)(=O)C(C)(C)C)CC2)cc1. The van der Waals surface area contributed by atoms with E-state index < -0.39 is 14.6 Å². The number of Topliss-reactive ketones (excluding diaryl/α,β-unsaturated/α-hetero) is 2. The van der Waals surface area contributed by atoms with E-state index in [0.29, 0.717) is 24.3 Å². The normalized spacial score (nSPS) is 20.6. The van der Waals surface area contributed by atoms with Crippen LogP contribution < -0.4 is 0 Å². The Kier molecular flexibility index (Phi) is 7.83. The van der Waals surface area contributed by atoms with Crippen LogP contribution in [0, 0.1) is 17.8 Å². The van der Waals surface area contributed by atoms with E-state index in [0.717, 1.165) is 31.2 Å². The molecular formula is C24H36O4S. The lowest BCUT2D eigenvalue weighted by Gasteiger charge is -2.30. The number of hydrogen-bond donors (Lipinski definition) is 0. The van der Waals surface area contributed by atoms with Gasteiger partial charge in [-0.25, -0.2) is 8.42 Å². The summed E-state index contributed by atoms with van der Waals surface area (Å²) in [5.74, 6) is 1.10. The third-order valence-electron chi connectivity index (χ3n) is 5.94. The Labute approximate surface area is 176 Å². The van der Waals surface area contributed by atoms with Crippen LogP contribution in [-0.4, -0.2) is 30.5 Å². The maximum absolute atomic E-state index is 12.7. The molecule has 0 bridgehead atoms. The fourth-order valence-corrected chi connectivity index (χ4v) is 5.31. The lowest BCUT2D eigenvalue weighted by Crippen LogP contribution is -2.35. The van der Waals surface area contributed by atoms with E-state index in [4.69, 9.17) is 0 Å². The van der Waals surface area contributed by atoms with Gasteiger partial charge in [0.25, 0.3) is 0 Å². The Bertz CT molecular complexity index is 805. The maximum Gasteiger partial charge on any atom is 0.163 e. The molecule has 0 amide bonds. The van der Waals surface area contributed by atoms with Gasteiger partial charge in [-0.1, -0.05) is 38.1 Å². The fourth-order valence-electron chi connectivity index (χ4n) is 3.85. The molecule has 1 fully saturated rings. The minimum absolute atomic E-state index is 0.0193. The van der Waals surface area contributed by atoms with Gasteiger partial charge in [-0.05, 0) is 63.9 Å². The zero-order valence-corrected chi connectivity index (χ0v) is 19.3. The van der Waals surface area contributed by atoms with Crippen LogP contribution in [0.25, 0.3) is 0 Å². The number of hydrogen-bond acceptors (Lipinski definition) is 4. The highest BCUT2D eigenvalue weighted by Gasteiger charge is 2.34. The molecule has 162 valence electrons. The molecular weight excluding hydrogens is 384 g/mol. The highest BCUT2D eigenvalue weighted by molar-refractivity contribution is 7.92. The minimum Gasteiger partial charge on any atom is -0.299 e. The zero-order chi connectivity index (χ0) is 21.8. The Morgan fingerprint density at radius 1 is 1.00 bits per heavy atom. The summed E-state index contributed by atoms with van der Waals surface area (Å²) >= 11 is 0. The summed E-state index contributed by atoms with van der Waals surface area (Å²) in [7, 11) is -3.12. The summed E-state index contributed by atoms with van der Waals surface area (Å²) in [5, 5.41) is 0. The summed E-state index contributed by atoms with van der Waals surface area (Å²) in [4.78, 5) is 24.8. The first kappa shape index (κ1) is 23.8. The molecule has 1 aliphatic carbocycles. The third kappa shape index (κ3) is 6.77. The molecule has 0 aromatic heterocycles. The summed E-state index contributed by atoms with van der Waals surface area (Å²) < 4.78 is 24.1. The lowest BCUT2D eigenvalue weighted by atomic mass is 9.79. The molecule has 1 saturated carbocycles. The second-order valence-electron chi connectivity index (χ2n) is 9.97. The average Bonchev–Trinajstić information content (AvgIpc) is 2.61. The van der Waals surface area contributed by atoms with Crippen molar-refractivity contribution < 1.29 is 18.0 Å². The van der Waals surface area contributed by atoms with Crippen molar-refractivity contribution in [1.29, 1.82) is 0 Å². The molecule has 29 heavy (non-hydrogen) atoms. The van der Waals surface area contributed by atoms with Crippen LogP contribution in [-0.2, 0) is 21.1 Å². The van der Waals surface area contributed by atoms with E-state index in [9.17, 15) is 18.0 Å². The topological polar surface area (TPSA) is 68.3 Å². The van der Waals surface area contributed by atoms with E-state index >= 15 is 0 Å². The molecule has 0 N–H and O–H groups in total. The molecule has 0 saturated heterocycles. The van der Waals surface area contributed by atoms with E-state index in [-0.39, 0.29) is 29.2 Å². The van der Waals surface area contributed by atoms with Crippen LogP contribution in [0.4, 0.5) is 0 Å². The summed E-state index contributed by atoms with van der Waals surface area (Å²) in [6, 6.07) is 7.41. The van der Waals surface area contributed by atoms with Gasteiger partial charge in [0.1, 0.15) is 5.78 Å². The predicted molar refractivity (Wildman–Crippen MR) is 118 cm³/mol. The first-order valence-electron chi connectivity index (χ1n) is 10.8. The van der Waals surface area contributed by atoms with Gasteiger partial charge in [-0.2, -0.15) is 0 Å². The van der Waals surface area contributed by atoms with Gasteiger partial charge >= 0.3 is 0 Å². The largest absolute Gasteiger partial charge is 0.299 e. The van der Waals surface area contributed by atoms with Gasteiger partial charge < -0.3 is 0 Å². The van der Waals surface area contributed by atoms with Gasteiger partial charge in [0.2, 0.25) is 0 Å². The van der Waals surface area contributed by atoms with Crippen molar-refractivity contribution in [2.24, 2.45) is 17.8 Å². The molecule has 2 rings (SSSR count). The van der Waals surface area contributed by atoms with E-state index in [1.54, 1.807) is 20.8 Å². The van der Waals surface area contributed by atoms with Crippen LogP contribution in [0.3, 0.4) is 0 Å². The number of ketones is 2. The van der Waals surface area contributed by atoms with Crippen molar-refractivity contribution in [3.8, 4) is 0 Å². The van der Waals surface area contributed by atoms with Crippen LogP contribution in [0.5, 0.6) is 0 Å². The standard InChI is InChI=1S/C24H36O4S/c1-17(2)14-22(25)20-10-6-18(7-11-20)15-23(26)21-12-8-19(9-13-21)16-29(27,28)24(3,4)5/h6-7,10-11,17,19,21H,8-9,12-16H2,1-5H3. The number of rotatable bonds is 8. The van der Waals surface area contributed by atoms with Gasteiger partial charge in [0.15, 0.2) is 15.6 Å². The lowest BCUT2D eigenvalue weighted by molar-refractivity contribution is -0.123. The summed E-state index contributed by atoms with van der Waals surface area (Å²) in [5.41, 5.74) is 1.64. The molecule has 4 nitrogen and oxygen atoms in total. The fraction of sp³-hybridized carbons (Fsp3) is 0.667.